The Kier molecular flexibility index (Phi) is 4.10. The molecule has 0 bridgehead atoms. The van der Waals surface area contributed by atoms with Gasteiger partial charge in [-0.3, -0.25) is 0 Å². The molecule has 0 unspecified atom stereocenters. The van der Waals surface area contributed by atoms with Crippen LogP contribution < -0.4 is 10.5 Å². The molecule has 0 fully saturated rings. The molecule has 0 radical (unpaired) electrons. The monoisotopic (exact) mass is 255 g/mol. The Balaban J connectivity index is 2.53. The average molecular weight is 255 g/mol. The van der Waals surface area contributed by atoms with Crippen molar-refractivity contribution in [1.82, 2.24) is 0 Å². The van der Waals surface area contributed by atoms with E-state index in [1.807, 2.05) is 12.1 Å². The van der Waals surface area contributed by atoms with Gasteiger partial charge in [0.15, 0.2) is 0 Å². The van der Waals surface area contributed by atoms with Gasteiger partial charge in [-0.2, -0.15) is 0 Å². The van der Waals surface area contributed by atoms with Crippen molar-refractivity contribution in [2.24, 2.45) is 0 Å². The maximum Gasteiger partial charge on any atom is 0.141 e. The number of nitrogens with two attached hydrogens (primary N) is 1. The zero-order valence-corrected chi connectivity index (χ0v) is 11.9. The molecule has 2 N–H and O–H groups in total. The molecule has 2 nitrogen and oxygen atoms in total. The highest BCUT2D eigenvalue weighted by molar-refractivity contribution is 5.73. The fourth-order valence-electron chi connectivity index (χ4n) is 2.32. The Morgan fingerprint density at radius 3 is 2.37 bits per heavy atom. The lowest BCUT2D eigenvalue weighted by Gasteiger charge is -2.12. The van der Waals surface area contributed by atoms with E-state index in [4.69, 9.17) is 10.5 Å². The number of aryl methyl sites for hydroxylation is 2. The van der Waals surface area contributed by atoms with Crippen LogP contribution in [0.15, 0.2) is 36.4 Å². The predicted octanol–water partition coefficient (Wildman–Crippen LogP) is 4.07. The third kappa shape index (κ3) is 2.73. The van der Waals surface area contributed by atoms with E-state index >= 15 is 0 Å². The second-order valence-electron chi connectivity index (χ2n) is 4.66. The van der Waals surface area contributed by atoms with E-state index in [2.05, 4.69) is 38.1 Å². The molecule has 0 aromatic heterocycles. The van der Waals surface area contributed by atoms with Crippen molar-refractivity contribution < 1.29 is 4.74 Å². The summed E-state index contributed by atoms with van der Waals surface area (Å²) in [5.41, 5.74) is 11.8. The summed E-state index contributed by atoms with van der Waals surface area (Å²) in [6.45, 7) is 4.35. The van der Waals surface area contributed by atoms with E-state index in [-0.39, 0.29) is 0 Å². The van der Waals surface area contributed by atoms with Crippen molar-refractivity contribution in [2.75, 3.05) is 12.8 Å². The van der Waals surface area contributed by atoms with Gasteiger partial charge < -0.3 is 10.5 Å². The average Bonchev–Trinajstić information content (AvgIpc) is 2.46. The Morgan fingerprint density at radius 2 is 1.79 bits per heavy atom. The van der Waals surface area contributed by atoms with E-state index in [1.54, 1.807) is 7.11 Å². The molecule has 0 atom stereocenters. The standard InChI is InChI=1S/C17H21NO/c1-4-12-6-7-13(5-2)15(10-12)14-8-9-17(19-3)16(18)11-14/h6-11H,4-5,18H2,1-3H3. The van der Waals surface area contributed by atoms with E-state index in [1.165, 1.54) is 16.7 Å². The smallest absolute Gasteiger partial charge is 0.141 e. The van der Waals surface area contributed by atoms with Gasteiger partial charge in [-0.1, -0.05) is 38.1 Å². The van der Waals surface area contributed by atoms with E-state index in [9.17, 15) is 0 Å². The molecule has 0 aliphatic rings. The van der Waals surface area contributed by atoms with Gasteiger partial charge in [0.05, 0.1) is 12.8 Å². The number of hydrogen-bond donors (Lipinski definition) is 1. The van der Waals surface area contributed by atoms with Gasteiger partial charge in [-0.15, -0.1) is 0 Å². The quantitative estimate of drug-likeness (QED) is 0.836. The molecule has 0 amide bonds. The summed E-state index contributed by atoms with van der Waals surface area (Å²) in [7, 11) is 1.64. The number of ether oxygens (including phenoxy) is 1. The third-order valence-corrected chi connectivity index (χ3v) is 3.50. The number of rotatable bonds is 4. The van der Waals surface area contributed by atoms with Gasteiger partial charge in [0.1, 0.15) is 5.75 Å². The second kappa shape index (κ2) is 5.79. The van der Waals surface area contributed by atoms with Crippen LogP contribution in [0.4, 0.5) is 5.69 Å². The van der Waals surface area contributed by atoms with Crippen molar-refractivity contribution in [3.05, 3.63) is 47.5 Å². The molecule has 0 spiro atoms. The molecular weight excluding hydrogens is 234 g/mol. The minimum atomic E-state index is 0.684. The predicted molar refractivity (Wildman–Crippen MR) is 81.6 cm³/mol. The molecule has 19 heavy (non-hydrogen) atoms. The van der Waals surface area contributed by atoms with Crippen molar-refractivity contribution in [2.45, 2.75) is 26.7 Å². The third-order valence-electron chi connectivity index (χ3n) is 3.50. The molecule has 0 saturated heterocycles. The van der Waals surface area contributed by atoms with Crippen LogP contribution in [-0.4, -0.2) is 7.11 Å². The zero-order chi connectivity index (χ0) is 13.8. The highest BCUT2D eigenvalue weighted by Crippen LogP contribution is 2.31. The lowest BCUT2D eigenvalue weighted by molar-refractivity contribution is 0.417. The maximum atomic E-state index is 6.01. The SMILES string of the molecule is CCc1ccc(CC)c(-c2ccc(OC)c(N)c2)c1. The number of nitrogen functional groups attached to an aromatic ring is 1. The molecule has 2 heteroatoms. The topological polar surface area (TPSA) is 35.2 Å². The van der Waals surface area contributed by atoms with Crippen molar-refractivity contribution in [1.29, 1.82) is 0 Å². The zero-order valence-electron chi connectivity index (χ0n) is 11.9. The summed E-state index contributed by atoms with van der Waals surface area (Å²) in [6.07, 6.45) is 2.06. The van der Waals surface area contributed by atoms with Gasteiger partial charge in [-0.05, 0) is 47.2 Å². The van der Waals surface area contributed by atoms with Gasteiger partial charge in [0.25, 0.3) is 0 Å². The first-order valence-corrected chi connectivity index (χ1v) is 6.75. The first-order valence-electron chi connectivity index (χ1n) is 6.75. The molecule has 0 heterocycles. The fraction of sp³-hybridized carbons (Fsp3) is 0.294. The largest absolute Gasteiger partial charge is 0.495 e. The Bertz CT molecular complexity index is 575. The van der Waals surface area contributed by atoms with Gasteiger partial charge in [0, 0.05) is 0 Å². The number of anilines is 1. The van der Waals surface area contributed by atoms with Gasteiger partial charge >= 0.3 is 0 Å². The van der Waals surface area contributed by atoms with Gasteiger partial charge in [-0.25, -0.2) is 0 Å². The first-order chi connectivity index (χ1) is 9.19. The normalized spacial score (nSPS) is 10.5. The molecule has 0 aliphatic heterocycles. The Labute approximate surface area is 115 Å². The molecule has 0 aliphatic carbocycles. The van der Waals surface area contributed by atoms with Crippen LogP contribution in [0.25, 0.3) is 11.1 Å². The number of benzene rings is 2. The highest BCUT2D eigenvalue weighted by Gasteiger charge is 2.07. The number of hydrogen-bond acceptors (Lipinski definition) is 2. The Morgan fingerprint density at radius 1 is 1.00 bits per heavy atom. The summed E-state index contributed by atoms with van der Waals surface area (Å²) in [6, 6.07) is 12.7. The minimum absolute atomic E-state index is 0.684. The molecule has 2 aromatic rings. The van der Waals surface area contributed by atoms with Crippen LogP contribution in [0.2, 0.25) is 0 Å². The Hall–Kier alpha value is -1.96. The van der Waals surface area contributed by atoms with Crippen LogP contribution in [0, 0.1) is 0 Å². The lowest BCUT2D eigenvalue weighted by Crippen LogP contribution is -1.95. The van der Waals surface area contributed by atoms with Crippen molar-refractivity contribution in [3.63, 3.8) is 0 Å². The van der Waals surface area contributed by atoms with E-state index < -0.39 is 0 Å². The van der Waals surface area contributed by atoms with Gasteiger partial charge in [0.2, 0.25) is 0 Å². The van der Waals surface area contributed by atoms with Crippen LogP contribution >= 0.6 is 0 Å². The van der Waals surface area contributed by atoms with Crippen LogP contribution in [-0.2, 0) is 12.8 Å². The summed E-state index contributed by atoms with van der Waals surface area (Å²) >= 11 is 0. The number of methoxy groups -OCH3 is 1. The second-order valence-corrected chi connectivity index (χ2v) is 4.66. The molecule has 2 rings (SSSR count). The van der Waals surface area contributed by atoms with E-state index in [0.29, 0.717) is 5.69 Å². The van der Waals surface area contributed by atoms with Crippen LogP contribution in [0.1, 0.15) is 25.0 Å². The highest BCUT2D eigenvalue weighted by atomic mass is 16.5. The van der Waals surface area contributed by atoms with Crippen molar-refractivity contribution >= 4 is 5.69 Å². The first kappa shape index (κ1) is 13.5. The molecular formula is C17H21NO. The summed E-state index contributed by atoms with van der Waals surface area (Å²) < 4.78 is 5.21. The molecule has 2 aromatic carbocycles. The van der Waals surface area contributed by atoms with Crippen LogP contribution in [0.5, 0.6) is 5.75 Å². The maximum absolute atomic E-state index is 6.01. The van der Waals surface area contributed by atoms with E-state index in [0.717, 1.165) is 24.2 Å². The minimum Gasteiger partial charge on any atom is -0.495 e. The van der Waals surface area contributed by atoms with Crippen molar-refractivity contribution in [3.8, 4) is 16.9 Å². The summed E-state index contributed by atoms with van der Waals surface area (Å²) in [5, 5.41) is 0. The lowest BCUT2D eigenvalue weighted by atomic mass is 9.95. The summed E-state index contributed by atoms with van der Waals surface area (Å²) in [4.78, 5) is 0. The molecule has 0 saturated carbocycles. The fourth-order valence-corrected chi connectivity index (χ4v) is 2.32. The molecule has 100 valence electrons. The summed E-state index contributed by atoms with van der Waals surface area (Å²) in [5.74, 6) is 0.730. The van der Waals surface area contributed by atoms with Crippen LogP contribution in [0.3, 0.4) is 0 Å².